The Hall–Kier alpha value is -2.87. The highest BCUT2D eigenvalue weighted by Crippen LogP contribution is 2.39. The standard InChI is InChI=1S/C33H42ClNO5S/c1-6-18-33(23-36,35-31(37)40-32(3,4)5)19-17-25-13-15-27(21-28(25)34)41-30-20-26(38-7-2)14-16-29(30)39-22-24-11-9-8-10-12-24/h8-16,20-21,36H,6-7,17-19,22-23H2,1-5H3,(H,35,37)/t33-/m1/s1. The van der Waals surface area contributed by atoms with Crippen LogP contribution in [0.4, 0.5) is 4.79 Å². The zero-order valence-electron chi connectivity index (χ0n) is 24.7. The molecule has 0 aliphatic carbocycles. The van der Waals surface area contributed by atoms with E-state index in [2.05, 4.69) is 5.32 Å². The van der Waals surface area contributed by atoms with Gasteiger partial charge in [0.2, 0.25) is 0 Å². The number of carbonyl (C=O) groups excluding carboxylic acids is 1. The summed E-state index contributed by atoms with van der Waals surface area (Å²) in [7, 11) is 0. The Balaban J connectivity index is 1.74. The summed E-state index contributed by atoms with van der Waals surface area (Å²) < 4.78 is 17.4. The van der Waals surface area contributed by atoms with Gasteiger partial charge >= 0.3 is 6.09 Å². The minimum absolute atomic E-state index is 0.187. The van der Waals surface area contributed by atoms with Crippen LogP contribution in [0.25, 0.3) is 0 Å². The van der Waals surface area contributed by atoms with E-state index >= 15 is 0 Å². The Morgan fingerprint density at radius 2 is 1.73 bits per heavy atom. The number of halogens is 1. The lowest BCUT2D eigenvalue weighted by atomic mass is 9.87. The van der Waals surface area contributed by atoms with Crippen molar-refractivity contribution < 1.29 is 24.1 Å². The van der Waals surface area contributed by atoms with Gasteiger partial charge in [0.15, 0.2) is 0 Å². The first kappa shape index (κ1) is 32.6. The second-order valence-corrected chi connectivity index (χ2v) is 12.5. The van der Waals surface area contributed by atoms with Crippen molar-refractivity contribution in [2.75, 3.05) is 13.2 Å². The van der Waals surface area contributed by atoms with Gasteiger partial charge in [-0.2, -0.15) is 0 Å². The van der Waals surface area contributed by atoms with E-state index in [-0.39, 0.29) is 6.61 Å². The van der Waals surface area contributed by atoms with Gasteiger partial charge in [-0.25, -0.2) is 4.79 Å². The second-order valence-electron chi connectivity index (χ2n) is 11.0. The van der Waals surface area contributed by atoms with Crippen molar-refractivity contribution in [2.24, 2.45) is 0 Å². The molecule has 1 amide bonds. The molecule has 6 nitrogen and oxygen atoms in total. The molecule has 3 rings (SSSR count). The lowest BCUT2D eigenvalue weighted by molar-refractivity contribution is 0.0373. The van der Waals surface area contributed by atoms with Crippen LogP contribution in [0.3, 0.4) is 0 Å². The maximum atomic E-state index is 12.5. The minimum Gasteiger partial charge on any atom is -0.494 e. The number of hydrogen-bond donors (Lipinski definition) is 2. The van der Waals surface area contributed by atoms with Crippen LogP contribution < -0.4 is 14.8 Å². The molecule has 0 unspecified atom stereocenters. The molecule has 8 heteroatoms. The fourth-order valence-electron chi connectivity index (χ4n) is 4.42. The number of aliphatic hydroxyl groups is 1. The third-order valence-corrected chi connectivity index (χ3v) is 7.77. The first-order valence-electron chi connectivity index (χ1n) is 14.1. The number of benzene rings is 3. The van der Waals surface area contributed by atoms with Crippen LogP contribution in [0.1, 0.15) is 65.0 Å². The summed E-state index contributed by atoms with van der Waals surface area (Å²) in [5, 5.41) is 13.8. The first-order valence-corrected chi connectivity index (χ1v) is 15.3. The quantitative estimate of drug-likeness (QED) is 0.194. The Morgan fingerprint density at radius 3 is 2.37 bits per heavy atom. The number of rotatable bonds is 14. The lowest BCUT2D eigenvalue weighted by Crippen LogP contribution is -2.53. The van der Waals surface area contributed by atoms with Gasteiger partial charge in [0.1, 0.15) is 23.7 Å². The van der Waals surface area contributed by atoms with Crippen molar-refractivity contribution in [1.82, 2.24) is 5.32 Å². The van der Waals surface area contributed by atoms with Gasteiger partial charge in [0, 0.05) is 9.92 Å². The SMILES string of the molecule is CCC[C@](CO)(CCc1ccc(Sc2cc(OCC)ccc2OCc2ccccc2)cc1Cl)NC(=O)OC(C)(C)C. The predicted molar refractivity (Wildman–Crippen MR) is 166 cm³/mol. The monoisotopic (exact) mass is 599 g/mol. The molecule has 222 valence electrons. The molecule has 3 aromatic rings. The molecule has 0 spiro atoms. The summed E-state index contributed by atoms with van der Waals surface area (Å²) in [6, 6.07) is 21.9. The molecule has 41 heavy (non-hydrogen) atoms. The van der Waals surface area contributed by atoms with E-state index in [0.717, 1.165) is 38.8 Å². The third-order valence-electron chi connectivity index (χ3n) is 6.39. The molecule has 0 aliphatic rings. The zero-order valence-corrected chi connectivity index (χ0v) is 26.2. The van der Waals surface area contributed by atoms with Gasteiger partial charge in [-0.15, -0.1) is 0 Å². The minimum atomic E-state index is -0.793. The molecule has 1 atom stereocenters. The molecule has 2 N–H and O–H groups in total. The molecule has 0 saturated carbocycles. The van der Waals surface area contributed by atoms with E-state index in [4.69, 9.17) is 25.8 Å². The fourth-order valence-corrected chi connectivity index (χ4v) is 5.73. The molecule has 0 radical (unpaired) electrons. The Bertz CT molecular complexity index is 1260. The van der Waals surface area contributed by atoms with Crippen LogP contribution in [-0.4, -0.2) is 35.6 Å². The van der Waals surface area contributed by atoms with Gasteiger partial charge in [0.05, 0.1) is 23.6 Å². The number of ether oxygens (including phenoxy) is 3. The number of carbonyl (C=O) groups is 1. The average Bonchev–Trinajstić information content (AvgIpc) is 2.92. The topological polar surface area (TPSA) is 77.0 Å². The van der Waals surface area contributed by atoms with Crippen molar-refractivity contribution in [3.63, 3.8) is 0 Å². The van der Waals surface area contributed by atoms with E-state index in [1.807, 2.05) is 101 Å². The summed E-state index contributed by atoms with van der Waals surface area (Å²) in [5.74, 6) is 1.54. The van der Waals surface area contributed by atoms with Gasteiger partial charge in [-0.3, -0.25) is 0 Å². The van der Waals surface area contributed by atoms with E-state index in [1.165, 1.54) is 0 Å². The molecule has 0 aromatic heterocycles. The Kier molecular flexibility index (Phi) is 12.2. The third kappa shape index (κ3) is 10.5. The Labute approximate surface area is 253 Å². The smallest absolute Gasteiger partial charge is 0.408 e. The molecule has 0 fully saturated rings. The van der Waals surface area contributed by atoms with E-state index in [1.54, 1.807) is 11.8 Å². The normalized spacial score (nSPS) is 12.9. The van der Waals surface area contributed by atoms with Crippen LogP contribution in [0.5, 0.6) is 11.5 Å². The van der Waals surface area contributed by atoms with E-state index in [9.17, 15) is 9.90 Å². The summed E-state index contributed by atoms with van der Waals surface area (Å²) in [6.45, 7) is 10.3. The van der Waals surface area contributed by atoms with Crippen LogP contribution in [0.15, 0.2) is 76.5 Å². The zero-order chi connectivity index (χ0) is 29.9. The molecule has 3 aromatic carbocycles. The number of aryl methyl sites for hydroxylation is 1. The highest BCUT2D eigenvalue weighted by Gasteiger charge is 2.32. The second kappa shape index (κ2) is 15.4. The van der Waals surface area contributed by atoms with Crippen molar-refractivity contribution >= 4 is 29.5 Å². The number of nitrogens with one attached hydrogen (secondary N) is 1. The van der Waals surface area contributed by atoms with Gasteiger partial charge in [-0.05, 0) is 88.4 Å². The number of amides is 1. The van der Waals surface area contributed by atoms with Crippen LogP contribution >= 0.6 is 23.4 Å². The van der Waals surface area contributed by atoms with Gasteiger partial charge in [0.25, 0.3) is 0 Å². The molecule has 0 saturated heterocycles. The molecule has 0 bridgehead atoms. The number of hydrogen-bond acceptors (Lipinski definition) is 6. The largest absolute Gasteiger partial charge is 0.494 e. The lowest BCUT2D eigenvalue weighted by Gasteiger charge is -2.34. The van der Waals surface area contributed by atoms with Crippen molar-refractivity contribution in [1.29, 1.82) is 0 Å². The van der Waals surface area contributed by atoms with Crippen molar-refractivity contribution in [3.8, 4) is 11.5 Å². The van der Waals surface area contributed by atoms with Crippen LogP contribution in [-0.2, 0) is 17.8 Å². The highest BCUT2D eigenvalue weighted by molar-refractivity contribution is 7.99. The molecular formula is C33H42ClNO5S. The average molecular weight is 600 g/mol. The number of alkyl carbamates (subject to hydrolysis) is 1. The van der Waals surface area contributed by atoms with E-state index < -0.39 is 17.2 Å². The number of aliphatic hydroxyl groups excluding tert-OH is 1. The summed E-state index contributed by atoms with van der Waals surface area (Å²) in [4.78, 5) is 14.4. The molecule has 0 heterocycles. The fraction of sp³-hybridized carbons (Fsp3) is 0.424. The van der Waals surface area contributed by atoms with Crippen molar-refractivity contribution in [3.05, 3.63) is 82.9 Å². The van der Waals surface area contributed by atoms with Gasteiger partial charge in [-0.1, -0.05) is 73.1 Å². The van der Waals surface area contributed by atoms with Crippen LogP contribution in [0.2, 0.25) is 5.02 Å². The predicted octanol–water partition coefficient (Wildman–Crippen LogP) is 8.46. The summed E-state index contributed by atoms with van der Waals surface area (Å²) in [6.07, 6.45) is 2.00. The van der Waals surface area contributed by atoms with Crippen LogP contribution in [0, 0.1) is 0 Å². The maximum Gasteiger partial charge on any atom is 0.408 e. The first-order chi connectivity index (χ1) is 19.6. The molecule has 0 aliphatic heterocycles. The highest BCUT2D eigenvalue weighted by atomic mass is 35.5. The van der Waals surface area contributed by atoms with Crippen molar-refractivity contribution in [2.45, 2.75) is 87.8 Å². The summed E-state index contributed by atoms with van der Waals surface area (Å²) in [5.41, 5.74) is 0.619. The maximum absolute atomic E-state index is 12.5. The Morgan fingerprint density at radius 1 is 0.976 bits per heavy atom. The van der Waals surface area contributed by atoms with Gasteiger partial charge < -0.3 is 24.6 Å². The molecular weight excluding hydrogens is 558 g/mol. The van der Waals surface area contributed by atoms with E-state index in [0.29, 0.717) is 37.5 Å². The summed E-state index contributed by atoms with van der Waals surface area (Å²) >= 11 is 8.31.